The maximum absolute atomic E-state index is 13.7. The van der Waals surface area contributed by atoms with E-state index in [0.29, 0.717) is 18.0 Å². The molecule has 0 N–H and O–H groups in total. The van der Waals surface area contributed by atoms with Gasteiger partial charge in [-0.25, -0.2) is 8.42 Å². The molecule has 4 rings (SSSR count). The van der Waals surface area contributed by atoms with Crippen molar-refractivity contribution >= 4 is 20.8 Å². The number of rotatable bonds is 7. The zero-order chi connectivity index (χ0) is 21.1. The molecule has 0 fully saturated rings. The van der Waals surface area contributed by atoms with E-state index in [1.807, 2.05) is 86.8 Å². The Morgan fingerprint density at radius 3 is 2.30 bits per heavy atom. The first-order valence-electron chi connectivity index (χ1n) is 10.1. The van der Waals surface area contributed by atoms with E-state index in [1.54, 1.807) is 10.4 Å². The molecule has 0 aliphatic carbocycles. The first-order valence-corrected chi connectivity index (χ1v) is 11.6. The van der Waals surface area contributed by atoms with Crippen molar-refractivity contribution in [2.45, 2.75) is 37.9 Å². The minimum atomic E-state index is -3.67. The molecule has 0 bridgehead atoms. The highest BCUT2D eigenvalue weighted by Gasteiger charge is 2.29. The summed E-state index contributed by atoms with van der Waals surface area (Å²) in [6.45, 7) is 4.88. The molecular formula is C25H26N2O2S. The standard InChI is InChI=1S/C25H26N2O2S/c1-20(2)27(19-23-14-9-17-26(23)18-21-10-4-3-5-11-21)30(28,29)25-16-8-13-22-12-6-7-15-24(22)25/h3-17,20H,18-19H2,1-2H3. The van der Waals surface area contributed by atoms with Gasteiger partial charge in [-0.1, -0.05) is 66.7 Å². The van der Waals surface area contributed by atoms with Crippen LogP contribution in [-0.2, 0) is 23.1 Å². The van der Waals surface area contributed by atoms with Crippen LogP contribution in [0.25, 0.3) is 10.8 Å². The third kappa shape index (κ3) is 4.04. The predicted octanol–water partition coefficient (Wildman–Crippen LogP) is 5.29. The van der Waals surface area contributed by atoms with Gasteiger partial charge in [-0.2, -0.15) is 4.31 Å². The maximum Gasteiger partial charge on any atom is 0.244 e. The summed E-state index contributed by atoms with van der Waals surface area (Å²) in [6.07, 6.45) is 2.01. The quantitative estimate of drug-likeness (QED) is 0.409. The number of sulfonamides is 1. The number of fused-ring (bicyclic) bond motifs is 1. The van der Waals surface area contributed by atoms with Crippen molar-refractivity contribution in [3.8, 4) is 0 Å². The molecule has 154 valence electrons. The van der Waals surface area contributed by atoms with Crippen molar-refractivity contribution in [1.82, 2.24) is 8.87 Å². The Hall–Kier alpha value is -2.89. The van der Waals surface area contributed by atoms with Gasteiger partial charge in [0.2, 0.25) is 10.0 Å². The zero-order valence-corrected chi connectivity index (χ0v) is 18.1. The van der Waals surface area contributed by atoms with Crippen LogP contribution in [-0.4, -0.2) is 23.3 Å². The second-order valence-electron chi connectivity index (χ2n) is 7.73. The highest BCUT2D eigenvalue weighted by atomic mass is 32.2. The van der Waals surface area contributed by atoms with Crippen molar-refractivity contribution in [1.29, 1.82) is 0 Å². The summed E-state index contributed by atoms with van der Waals surface area (Å²) in [5.74, 6) is 0. The lowest BCUT2D eigenvalue weighted by molar-refractivity contribution is 0.341. The lowest BCUT2D eigenvalue weighted by Gasteiger charge is -2.27. The summed E-state index contributed by atoms with van der Waals surface area (Å²) in [5.41, 5.74) is 2.15. The van der Waals surface area contributed by atoms with E-state index in [4.69, 9.17) is 0 Å². The molecule has 0 radical (unpaired) electrons. The topological polar surface area (TPSA) is 42.3 Å². The van der Waals surface area contributed by atoms with Crippen molar-refractivity contribution in [3.05, 3.63) is 102 Å². The van der Waals surface area contributed by atoms with Gasteiger partial charge in [0.1, 0.15) is 0 Å². The Bertz CT molecular complexity index is 1240. The van der Waals surface area contributed by atoms with Crippen LogP contribution in [0.4, 0.5) is 0 Å². The highest BCUT2D eigenvalue weighted by Crippen LogP contribution is 2.28. The van der Waals surface area contributed by atoms with Crippen LogP contribution in [0.1, 0.15) is 25.1 Å². The number of hydrogen-bond donors (Lipinski definition) is 0. The van der Waals surface area contributed by atoms with Gasteiger partial charge in [0, 0.05) is 29.9 Å². The SMILES string of the molecule is CC(C)N(Cc1cccn1Cc1ccccc1)S(=O)(=O)c1cccc2ccccc12. The van der Waals surface area contributed by atoms with Gasteiger partial charge in [0.25, 0.3) is 0 Å². The van der Waals surface area contributed by atoms with E-state index in [9.17, 15) is 8.42 Å². The Morgan fingerprint density at radius 2 is 1.53 bits per heavy atom. The molecule has 1 aromatic heterocycles. The average Bonchev–Trinajstić information content (AvgIpc) is 3.18. The molecule has 0 saturated carbocycles. The largest absolute Gasteiger partial charge is 0.346 e. The van der Waals surface area contributed by atoms with Crippen LogP contribution in [0.15, 0.2) is 96.0 Å². The van der Waals surface area contributed by atoms with E-state index in [2.05, 4.69) is 16.7 Å². The van der Waals surface area contributed by atoms with Gasteiger partial charge < -0.3 is 4.57 Å². The summed E-state index contributed by atoms with van der Waals surface area (Å²) >= 11 is 0. The summed E-state index contributed by atoms with van der Waals surface area (Å²) in [7, 11) is -3.67. The molecule has 0 aliphatic rings. The molecule has 0 spiro atoms. The summed E-state index contributed by atoms with van der Waals surface area (Å²) in [4.78, 5) is 0.357. The molecule has 5 heteroatoms. The second-order valence-corrected chi connectivity index (χ2v) is 9.59. The molecular weight excluding hydrogens is 392 g/mol. The van der Waals surface area contributed by atoms with E-state index in [-0.39, 0.29) is 6.04 Å². The normalized spacial score (nSPS) is 12.1. The van der Waals surface area contributed by atoms with Crippen molar-refractivity contribution in [3.63, 3.8) is 0 Å². The molecule has 0 unspecified atom stereocenters. The predicted molar refractivity (Wildman–Crippen MR) is 122 cm³/mol. The van der Waals surface area contributed by atoms with Gasteiger partial charge >= 0.3 is 0 Å². The van der Waals surface area contributed by atoms with Crippen LogP contribution in [0, 0.1) is 0 Å². The third-order valence-electron chi connectivity index (χ3n) is 5.35. The van der Waals surface area contributed by atoms with Crippen molar-refractivity contribution in [2.24, 2.45) is 0 Å². The van der Waals surface area contributed by atoms with E-state index in [0.717, 1.165) is 16.5 Å². The van der Waals surface area contributed by atoms with E-state index in [1.165, 1.54) is 5.56 Å². The fourth-order valence-corrected chi connectivity index (χ4v) is 5.60. The Balaban J connectivity index is 1.69. The fourth-order valence-electron chi connectivity index (χ4n) is 3.78. The minimum Gasteiger partial charge on any atom is -0.346 e. The van der Waals surface area contributed by atoms with Gasteiger partial charge in [0.15, 0.2) is 0 Å². The number of aromatic nitrogens is 1. The van der Waals surface area contributed by atoms with E-state index >= 15 is 0 Å². The molecule has 30 heavy (non-hydrogen) atoms. The van der Waals surface area contributed by atoms with Gasteiger partial charge in [-0.05, 0) is 43.0 Å². The average molecular weight is 419 g/mol. The van der Waals surface area contributed by atoms with Gasteiger partial charge in [-0.15, -0.1) is 0 Å². The summed E-state index contributed by atoms with van der Waals surface area (Å²) in [6, 6.07) is 27.1. The number of nitrogens with zero attached hydrogens (tertiary/aromatic N) is 2. The lowest BCUT2D eigenvalue weighted by Crippen LogP contribution is -2.37. The first kappa shape index (κ1) is 20.4. The Morgan fingerprint density at radius 1 is 0.833 bits per heavy atom. The zero-order valence-electron chi connectivity index (χ0n) is 17.3. The molecule has 4 nitrogen and oxygen atoms in total. The monoisotopic (exact) mass is 418 g/mol. The van der Waals surface area contributed by atoms with Crippen LogP contribution in [0.5, 0.6) is 0 Å². The van der Waals surface area contributed by atoms with Gasteiger partial charge in [-0.3, -0.25) is 0 Å². The maximum atomic E-state index is 13.7. The third-order valence-corrected chi connectivity index (χ3v) is 7.43. The molecule has 0 atom stereocenters. The van der Waals surface area contributed by atoms with Gasteiger partial charge in [0.05, 0.1) is 11.4 Å². The van der Waals surface area contributed by atoms with Crippen LogP contribution >= 0.6 is 0 Å². The molecule has 0 aliphatic heterocycles. The molecule has 0 amide bonds. The second kappa shape index (κ2) is 8.46. The van der Waals surface area contributed by atoms with Crippen molar-refractivity contribution in [2.75, 3.05) is 0 Å². The minimum absolute atomic E-state index is 0.172. The lowest BCUT2D eigenvalue weighted by atomic mass is 10.1. The molecule has 4 aromatic rings. The Kier molecular flexibility index (Phi) is 5.75. The molecule has 0 saturated heterocycles. The van der Waals surface area contributed by atoms with Crippen LogP contribution in [0.3, 0.4) is 0 Å². The summed E-state index contributed by atoms with van der Waals surface area (Å²) < 4.78 is 31.1. The molecule has 3 aromatic carbocycles. The Labute approximate surface area is 178 Å². The van der Waals surface area contributed by atoms with Crippen LogP contribution in [0.2, 0.25) is 0 Å². The number of benzene rings is 3. The molecule has 1 heterocycles. The first-order chi connectivity index (χ1) is 14.5. The van der Waals surface area contributed by atoms with Crippen LogP contribution < -0.4 is 0 Å². The van der Waals surface area contributed by atoms with Crippen molar-refractivity contribution < 1.29 is 8.42 Å². The van der Waals surface area contributed by atoms with E-state index < -0.39 is 10.0 Å². The number of hydrogen-bond acceptors (Lipinski definition) is 2. The highest BCUT2D eigenvalue weighted by molar-refractivity contribution is 7.89. The fraction of sp³-hybridized carbons (Fsp3) is 0.200. The summed E-state index contributed by atoms with van der Waals surface area (Å²) in [5, 5.41) is 1.68. The smallest absolute Gasteiger partial charge is 0.244 e.